The Morgan fingerprint density at radius 1 is 1.50 bits per heavy atom. The zero-order valence-corrected chi connectivity index (χ0v) is 9.89. The van der Waals surface area contributed by atoms with Crippen molar-refractivity contribution in [2.45, 2.75) is 38.6 Å². The smallest absolute Gasteiger partial charge is 0.162 e. The van der Waals surface area contributed by atoms with Crippen molar-refractivity contribution < 1.29 is 9.47 Å². The fourth-order valence-electron chi connectivity index (χ4n) is 2.53. The Morgan fingerprint density at radius 2 is 2.38 bits per heavy atom. The van der Waals surface area contributed by atoms with Crippen LogP contribution in [-0.2, 0) is 9.47 Å². The molecule has 0 amide bonds. The largest absolute Gasteiger partial charge is 0.350 e. The van der Waals surface area contributed by atoms with Gasteiger partial charge in [-0.2, -0.15) is 5.26 Å². The Labute approximate surface area is 97.1 Å². The molecule has 2 fully saturated rings. The first-order chi connectivity index (χ1) is 7.83. The molecule has 90 valence electrons. The van der Waals surface area contributed by atoms with Crippen molar-refractivity contribution in [3.63, 3.8) is 0 Å². The van der Waals surface area contributed by atoms with Gasteiger partial charge < -0.3 is 14.4 Å². The standard InChI is InChI=1S/C12H20N2O2/c1-2-14-7-3-4-10(8-14)12-15-9-11(16-12)5-6-13/h10-12H,2-5,7-9H2,1H3. The molecule has 0 bridgehead atoms. The minimum absolute atomic E-state index is 0.00740. The highest BCUT2D eigenvalue weighted by atomic mass is 16.7. The normalized spacial score (nSPS) is 36.1. The maximum Gasteiger partial charge on any atom is 0.162 e. The number of hydrogen-bond donors (Lipinski definition) is 0. The lowest BCUT2D eigenvalue weighted by Gasteiger charge is -2.34. The Kier molecular flexibility index (Phi) is 4.16. The van der Waals surface area contributed by atoms with E-state index in [2.05, 4.69) is 17.9 Å². The van der Waals surface area contributed by atoms with E-state index in [0.29, 0.717) is 18.9 Å². The summed E-state index contributed by atoms with van der Waals surface area (Å²) < 4.78 is 11.4. The summed E-state index contributed by atoms with van der Waals surface area (Å²) in [6.45, 7) is 6.14. The molecule has 4 nitrogen and oxygen atoms in total. The van der Waals surface area contributed by atoms with Crippen LogP contribution >= 0.6 is 0 Å². The number of likely N-dealkylation sites (tertiary alicyclic amines) is 1. The maximum absolute atomic E-state index is 8.61. The van der Waals surface area contributed by atoms with Gasteiger partial charge in [0.15, 0.2) is 6.29 Å². The fraction of sp³-hybridized carbons (Fsp3) is 0.917. The molecule has 16 heavy (non-hydrogen) atoms. The van der Waals surface area contributed by atoms with Gasteiger partial charge in [0.1, 0.15) is 0 Å². The van der Waals surface area contributed by atoms with Crippen LogP contribution in [0, 0.1) is 17.2 Å². The number of hydrogen-bond acceptors (Lipinski definition) is 4. The first-order valence-corrected chi connectivity index (χ1v) is 6.20. The molecule has 0 radical (unpaired) electrons. The molecule has 0 aromatic carbocycles. The molecule has 2 aliphatic rings. The fourth-order valence-corrected chi connectivity index (χ4v) is 2.53. The summed E-state index contributed by atoms with van der Waals surface area (Å²) in [5.41, 5.74) is 0. The average Bonchev–Trinajstić information content (AvgIpc) is 2.78. The molecule has 3 unspecified atom stereocenters. The molecule has 2 saturated heterocycles. The van der Waals surface area contributed by atoms with Gasteiger partial charge in [-0.15, -0.1) is 0 Å². The van der Waals surface area contributed by atoms with E-state index in [4.69, 9.17) is 14.7 Å². The summed E-state index contributed by atoms with van der Waals surface area (Å²) in [5, 5.41) is 8.61. The van der Waals surface area contributed by atoms with Gasteiger partial charge in [0.25, 0.3) is 0 Å². The van der Waals surface area contributed by atoms with E-state index in [9.17, 15) is 0 Å². The summed E-state index contributed by atoms with van der Waals surface area (Å²) in [6, 6.07) is 2.14. The molecule has 0 saturated carbocycles. The van der Waals surface area contributed by atoms with Gasteiger partial charge in [0.05, 0.1) is 25.2 Å². The summed E-state index contributed by atoms with van der Waals surface area (Å²) >= 11 is 0. The van der Waals surface area contributed by atoms with Crippen molar-refractivity contribution >= 4 is 0 Å². The quantitative estimate of drug-likeness (QED) is 0.726. The minimum atomic E-state index is -0.0762. The molecule has 2 aliphatic heterocycles. The van der Waals surface area contributed by atoms with Crippen LogP contribution in [0.15, 0.2) is 0 Å². The van der Waals surface area contributed by atoms with Gasteiger partial charge >= 0.3 is 0 Å². The molecule has 4 heteroatoms. The van der Waals surface area contributed by atoms with E-state index in [1.54, 1.807) is 0 Å². The highest BCUT2D eigenvalue weighted by Gasteiger charge is 2.34. The number of piperidine rings is 1. The van der Waals surface area contributed by atoms with Crippen LogP contribution in [0.1, 0.15) is 26.2 Å². The molecule has 0 aromatic heterocycles. The summed E-state index contributed by atoms with van der Waals surface area (Å²) in [5.74, 6) is 0.484. The third kappa shape index (κ3) is 2.73. The molecule has 2 rings (SSSR count). The lowest BCUT2D eigenvalue weighted by molar-refractivity contribution is -0.110. The second kappa shape index (κ2) is 5.62. The molecule has 0 N–H and O–H groups in total. The average molecular weight is 224 g/mol. The van der Waals surface area contributed by atoms with Crippen LogP contribution in [0.2, 0.25) is 0 Å². The summed E-state index contributed by atoms with van der Waals surface area (Å²) in [4.78, 5) is 2.44. The Balaban J connectivity index is 1.82. The van der Waals surface area contributed by atoms with E-state index in [1.807, 2.05) is 0 Å². The van der Waals surface area contributed by atoms with Crippen LogP contribution in [0.3, 0.4) is 0 Å². The lowest BCUT2D eigenvalue weighted by atomic mass is 9.97. The Hall–Kier alpha value is -0.630. The van der Waals surface area contributed by atoms with Crippen molar-refractivity contribution in [1.82, 2.24) is 4.90 Å². The van der Waals surface area contributed by atoms with E-state index in [1.165, 1.54) is 19.4 Å². The minimum Gasteiger partial charge on any atom is -0.350 e. The van der Waals surface area contributed by atoms with Crippen LogP contribution in [0.4, 0.5) is 0 Å². The van der Waals surface area contributed by atoms with E-state index in [0.717, 1.165) is 13.1 Å². The van der Waals surface area contributed by atoms with Crippen LogP contribution < -0.4 is 0 Å². The van der Waals surface area contributed by atoms with Gasteiger partial charge in [-0.05, 0) is 25.9 Å². The molecule has 0 spiro atoms. The molecule has 3 atom stereocenters. The van der Waals surface area contributed by atoms with Crippen LogP contribution in [0.25, 0.3) is 0 Å². The van der Waals surface area contributed by atoms with Gasteiger partial charge in [0, 0.05) is 12.5 Å². The zero-order valence-electron chi connectivity index (χ0n) is 9.89. The van der Waals surface area contributed by atoms with Gasteiger partial charge in [-0.1, -0.05) is 6.92 Å². The highest BCUT2D eigenvalue weighted by Crippen LogP contribution is 2.27. The van der Waals surface area contributed by atoms with Crippen molar-refractivity contribution in [3.8, 4) is 6.07 Å². The number of ether oxygens (including phenoxy) is 2. The second-order valence-electron chi connectivity index (χ2n) is 4.62. The lowest BCUT2D eigenvalue weighted by Crippen LogP contribution is -2.40. The summed E-state index contributed by atoms with van der Waals surface area (Å²) in [7, 11) is 0. The Bertz CT molecular complexity index is 264. The van der Waals surface area contributed by atoms with E-state index < -0.39 is 0 Å². The van der Waals surface area contributed by atoms with Gasteiger partial charge in [-0.3, -0.25) is 0 Å². The predicted molar refractivity (Wildman–Crippen MR) is 59.7 cm³/mol. The second-order valence-corrected chi connectivity index (χ2v) is 4.62. The van der Waals surface area contributed by atoms with E-state index >= 15 is 0 Å². The third-order valence-electron chi connectivity index (χ3n) is 3.47. The van der Waals surface area contributed by atoms with Crippen molar-refractivity contribution in [2.24, 2.45) is 5.92 Å². The number of nitriles is 1. The van der Waals surface area contributed by atoms with E-state index in [-0.39, 0.29) is 12.4 Å². The molecule has 2 heterocycles. The first kappa shape index (κ1) is 11.8. The molecule has 0 aromatic rings. The topological polar surface area (TPSA) is 45.5 Å². The number of rotatable bonds is 3. The third-order valence-corrected chi connectivity index (χ3v) is 3.47. The SMILES string of the molecule is CCN1CCCC(C2OCC(CC#N)O2)C1. The van der Waals surface area contributed by atoms with Gasteiger partial charge in [-0.25, -0.2) is 0 Å². The molecular weight excluding hydrogens is 204 g/mol. The van der Waals surface area contributed by atoms with Crippen molar-refractivity contribution in [3.05, 3.63) is 0 Å². The summed E-state index contributed by atoms with van der Waals surface area (Å²) in [6.07, 6.45) is 2.77. The van der Waals surface area contributed by atoms with Crippen molar-refractivity contribution in [2.75, 3.05) is 26.2 Å². The molecule has 0 aliphatic carbocycles. The molecular formula is C12H20N2O2. The predicted octanol–water partition coefficient (Wildman–Crippen LogP) is 1.37. The van der Waals surface area contributed by atoms with Crippen LogP contribution in [0.5, 0.6) is 0 Å². The highest BCUT2D eigenvalue weighted by molar-refractivity contribution is 4.83. The Morgan fingerprint density at radius 3 is 3.12 bits per heavy atom. The monoisotopic (exact) mass is 224 g/mol. The maximum atomic E-state index is 8.61. The zero-order chi connectivity index (χ0) is 11.4. The van der Waals surface area contributed by atoms with Crippen molar-refractivity contribution in [1.29, 1.82) is 5.26 Å². The number of nitrogens with zero attached hydrogens (tertiary/aromatic N) is 2. The van der Waals surface area contributed by atoms with Crippen LogP contribution in [-0.4, -0.2) is 43.5 Å². The first-order valence-electron chi connectivity index (χ1n) is 6.20. The van der Waals surface area contributed by atoms with Gasteiger partial charge in [0.2, 0.25) is 0 Å².